The zero-order chi connectivity index (χ0) is 10.6. The molecule has 1 nitrogen and oxygen atoms in total. The van der Waals surface area contributed by atoms with Crippen molar-refractivity contribution in [2.45, 2.75) is 32.6 Å². The predicted molar refractivity (Wildman–Crippen MR) is 54.7 cm³/mol. The molecule has 76 valence electrons. The van der Waals surface area contributed by atoms with Crippen LogP contribution in [0.5, 0.6) is 0 Å². The first-order chi connectivity index (χ1) is 6.63. The van der Waals surface area contributed by atoms with Crippen LogP contribution in [0.4, 0.5) is 4.39 Å². The molecule has 0 spiro atoms. The molecule has 1 aromatic rings. The van der Waals surface area contributed by atoms with E-state index in [2.05, 4.69) is 0 Å². The van der Waals surface area contributed by atoms with Gasteiger partial charge in [0.05, 0.1) is 0 Å². The molecule has 1 atom stereocenters. The second-order valence-electron chi connectivity index (χ2n) is 3.56. The maximum atomic E-state index is 12.6. The van der Waals surface area contributed by atoms with Gasteiger partial charge in [0.2, 0.25) is 0 Å². The van der Waals surface area contributed by atoms with Crippen LogP contribution in [0.2, 0.25) is 0 Å². The number of halogens is 1. The highest BCUT2D eigenvalue weighted by molar-refractivity contribution is 5.76. The zero-order valence-corrected chi connectivity index (χ0v) is 8.59. The average Bonchev–Trinajstić information content (AvgIpc) is 2.15. The summed E-state index contributed by atoms with van der Waals surface area (Å²) in [4.78, 5) is 11.0. The van der Waals surface area contributed by atoms with Crippen molar-refractivity contribution in [3.8, 4) is 0 Å². The summed E-state index contributed by atoms with van der Waals surface area (Å²) in [6, 6.07) is 6.40. The number of carbonyl (C=O) groups is 1. The van der Waals surface area contributed by atoms with Crippen molar-refractivity contribution in [1.29, 1.82) is 0 Å². The van der Waals surface area contributed by atoms with Crippen LogP contribution in [0.25, 0.3) is 0 Å². The number of Topliss-reactive ketones (excluding diaryl/α,β-unsaturated/α-hetero) is 1. The Bertz CT molecular complexity index is 303. The number of hydrogen-bond acceptors (Lipinski definition) is 1. The Hall–Kier alpha value is -1.18. The van der Waals surface area contributed by atoms with Gasteiger partial charge in [-0.05, 0) is 37.0 Å². The van der Waals surface area contributed by atoms with E-state index in [0.29, 0.717) is 6.42 Å². The molecule has 1 unspecified atom stereocenters. The second-order valence-corrected chi connectivity index (χ2v) is 3.56. The van der Waals surface area contributed by atoms with Crippen molar-refractivity contribution in [2.75, 3.05) is 0 Å². The summed E-state index contributed by atoms with van der Waals surface area (Å²) in [5.41, 5.74) is 1.05. The molecule has 0 aromatic heterocycles. The van der Waals surface area contributed by atoms with E-state index >= 15 is 0 Å². The Kier molecular flexibility index (Phi) is 3.81. The van der Waals surface area contributed by atoms with Crippen LogP contribution in [0.1, 0.15) is 38.2 Å². The summed E-state index contributed by atoms with van der Waals surface area (Å²) >= 11 is 0. The van der Waals surface area contributed by atoms with Gasteiger partial charge in [-0.15, -0.1) is 0 Å². The molecule has 14 heavy (non-hydrogen) atoms. The molecule has 2 heteroatoms. The Morgan fingerprint density at radius 2 is 1.93 bits per heavy atom. The molecule has 0 aliphatic carbocycles. The minimum atomic E-state index is -0.230. The van der Waals surface area contributed by atoms with E-state index in [1.807, 2.05) is 6.92 Å². The Morgan fingerprint density at radius 3 is 2.36 bits per heavy atom. The monoisotopic (exact) mass is 194 g/mol. The maximum Gasteiger partial charge on any atom is 0.130 e. The second kappa shape index (κ2) is 4.89. The molecular formula is C12H15FO. The van der Waals surface area contributed by atoms with E-state index in [1.54, 1.807) is 19.1 Å². The van der Waals surface area contributed by atoms with E-state index in [-0.39, 0.29) is 17.5 Å². The molecule has 0 N–H and O–H groups in total. The van der Waals surface area contributed by atoms with Crippen LogP contribution in [-0.2, 0) is 4.79 Å². The minimum absolute atomic E-state index is 0.182. The number of benzene rings is 1. The van der Waals surface area contributed by atoms with Crippen molar-refractivity contribution in [3.05, 3.63) is 35.6 Å². The molecule has 0 aliphatic rings. The first-order valence-corrected chi connectivity index (χ1v) is 4.88. The van der Waals surface area contributed by atoms with Gasteiger partial charge in [-0.2, -0.15) is 0 Å². The third-order valence-corrected chi connectivity index (χ3v) is 2.37. The fraction of sp³-hybridized carbons (Fsp3) is 0.417. The van der Waals surface area contributed by atoms with E-state index in [4.69, 9.17) is 0 Å². The molecule has 0 amide bonds. The van der Waals surface area contributed by atoms with E-state index in [9.17, 15) is 9.18 Å². The lowest BCUT2D eigenvalue weighted by atomic mass is 9.92. The number of carbonyl (C=O) groups excluding carboxylic acids is 1. The van der Waals surface area contributed by atoms with Crippen LogP contribution >= 0.6 is 0 Å². The Morgan fingerprint density at radius 1 is 1.36 bits per heavy atom. The van der Waals surface area contributed by atoms with E-state index < -0.39 is 0 Å². The van der Waals surface area contributed by atoms with Gasteiger partial charge in [0.1, 0.15) is 11.6 Å². The van der Waals surface area contributed by atoms with Crippen LogP contribution in [0, 0.1) is 5.82 Å². The Balaban J connectivity index is 2.78. The van der Waals surface area contributed by atoms with Crippen molar-refractivity contribution < 1.29 is 9.18 Å². The van der Waals surface area contributed by atoms with Gasteiger partial charge in [-0.3, -0.25) is 0 Å². The van der Waals surface area contributed by atoms with Crippen LogP contribution in [-0.4, -0.2) is 5.78 Å². The third-order valence-electron chi connectivity index (χ3n) is 2.37. The normalized spacial score (nSPS) is 12.5. The third kappa shape index (κ3) is 2.95. The molecule has 0 bridgehead atoms. The topological polar surface area (TPSA) is 17.1 Å². The van der Waals surface area contributed by atoms with Gasteiger partial charge in [0, 0.05) is 6.42 Å². The zero-order valence-electron chi connectivity index (χ0n) is 8.59. The summed E-state index contributed by atoms with van der Waals surface area (Å²) < 4.78 is 12.6. The molecule has 0 saturated heterocycles. The SMILES string of the molecule is CCC(CC(C)=O)c1ccc(F)cc1. The van der Waals surface area contributed by atoms with Gasteiger partial charge in [0.25, 0.3) is 0 Å². The highest BCUT2D eigenvalue weighted by Gasteiger charge is 2.11. The van der Waals surface area contributed by atoms with Crippen molar-refractivity contribution in [2.24, 2.45) is 0 Å². The summed E-state index contributed by atoms with van der Waals surface area (Å²) in [5.74, 6) is 0.181. The van der Waals surface area contributed by atoms with E-state index in [1.165, 1.54) is 12.1 Å². The highest BCUT2D eigenvalue weighted by atomic mass is 19.1. The Labute approximate surface area is 83.9 Å². The lowest BCUT2D eigenvalue weighted by Gasteiger charge is -2.13. The fourth-order valence-electron chi connectivity index (χ4n) is 1.58. The van der Waals surface area contributed by atoms with Crippen LogP contribution < -0.4 is 0 Å². The largest absolute Gasteiger partial charge is 0.300 e. The molecule has 0 heterocycles. The van der Waals surface area contributed by atoms with Crippen molar-refractivity contribution >= 4 is 5.78 Å². The van der Waals surface area contributed by atoms with E-state index in [0.717, 1.165) is 12.0 Å². The first kappa shape index (κ1) is 10.9. The number of rotatable bonds is 4. The molecular weight excluding hydrogens is 179 g/mol. The summed E-state index contributed by atoms with van der Waals surface area (Å²) in [6.45, 7) is 3.63. The summed E-state index contributed by atoms with van der Waals surface area (Å²) in [7, 11) is 0. The minimum Gasteiger partial charge on any atom is -0.300 e. The van der Waals surface area contributed by atoms with Gasteiger partial charge >= 0.3 is 0 Å². The molecule has 1 aromatic carbocycles. The molecule has 0 aliphatic heterocycles. The van der Waals surface area contributed by atoms with Crippen molar-refractivity contribution in [3.63, 3.8) is 0 Å². The average molecular weight is 194 g/mol. The molecule has 0 fully saturated rings. The molecule has 0 saturated carbocycles. The van der Waals surface area contributed by atoms with Gasteiger partial charge in [-0.1, -0.05) is 19.1 Å². The number of hydrogen-bond donors (Lipinski definition) is 0. The maximum absolute atomic E-state index is 12.6. The van der Waals surface area contributed by atoms with Gasteiger partial charge in [-0.25, -0.2) is 4.39 Å². The lowest BCUT2D eigenvalue weighted by Crippen LogP contribution is -2.03. The highest BCUT2D eigenvalue weighted by Crippen LogP contribution is 2.23. The number of ketones is 1. The standard InChI is InChI=1S/C12H15FO/c1-3-10(8-9(2)14)11-4-6-12(13)7-5-11/h4-7,10H,3,8H2,1-2H3. The molecule has 1 rings (SSSR count). The summed E-state index contributed by atoms with van der Waals surface area (Å²) in [5, 5.41) is 0. The lowest BCUT2D eigenvalue weighted by molar-refractivity contribution is -0.117. The summed E-state index contributed by atoms with van der Waals surface area (Å²) in [6.07, 6.45) is 1.45. The first-order valence-electron chi connectivity index (χ1n) is 4.88. The van der Waals surface area contributed by atoms with Crippen LogP contribution in [0.3, 0.4) is 0 Å². The van der Waals surface area contributed by atoms with Gasteiger partial charge < -0.3 is 4.79 Å². The van der Waals surface area contributed by atoms with Crippen molar-refractivity contribution in [1.82, 2.24) is 0 Å². The quantitative estimate of drug-likeness (QED) is 0.718. The molecule has 0 radical (unpaired) electrons. The fourth-order valence-corrected chi connectivity index (χ4v) is 1.58. The predicted octanol–water partition coefficient (Wildman–Crippen LogP) is 3.30. The smallest absolute Gasteiger partial charge is 0.130 e. The van der Waals surface area contributed by atoms with Crippen LogP contribution in [0.15, 0.2) is 24.3 Å². The van der Waals surface area contributed by atoms with Gasteiger partial charge in [0.15, 0.2) is 0 Å².